The van der Waals surface area contributed by atoms with Crippen LogP contribution in [0.25, 0.3) is 11.1 Å². The zero-order valence-corrected chi connectivity index (χ0v) is 25.9. The highest BCUT2D eigenvalue weighted by Gasteiger charge is 2.82. The summed E-state index contributed by atoms with van der Waals surface area (Å²) in [6.07, 6.45) is -4.75. The van der Waals surface area contributed by atoms with E-state index in [0.717, 1.165) is 23.1 Å². The predicted molar refractivity (Wildman–Crippen MR) is 177 cm³/mol. The van der Waals surface area contributed by atoms with Gasteiger partial charge in [-0.05, 0) is 51.6 Å². The maximum atomic E-state index is 15.8. The number of hydrogen-bond donors (Lipinski definition) is 0. The van der Waals surface area contributed by atoms with E-state index in [1.165, 1.54) is 0 Å². The molecule has 0 radical (unpaired) electrons. The van der Waals surface area contributed by atoms with Crippen LogP contribution >= 0.6 is 11.6 Å². The van der Waals surface area contributed by atoms with Gasteiger partial charge in [0, 0.05) is 0 Å². The first kappa shape index (κ1) is 30.1. The van der Waals surface area contributed by atoms with Gasteiger partial charge in [0.15, 0.2) is 5.78 Å². The first-order valence-electron chi connectivity index (χ1n) is 15.4. The fourth-order valence-corrected chi connectivity index (χ4v) is 8.63. The number of ketones is 1. The molecule has 0 N–H and O–H groups in total. The molecular formula is C40H25ClF3NO3. The topological polar surface area (TPSA) is 54.5 Å². The van der Waals surface area contributed by atoms with E-state index in [1.807, 2.05) is 60.7 Å². The van der Waals surface area contributed by atoms with Crippen molar-refractivity contribution in [2.24, 2.45) is 11.8 Å². The van der Waals surface area contributed by atoms with Crippen LogP contribution in [0.3, 0.4) is 0 Å². The molecule has 8 rings (SSSR count). The van der Waals surface area contributed by atoms with Gasteiger partial charge in [0.25, 0.3) is 0 Å². The number of anilines is 1. The lowest BCUT2D eigenvalue weighted by molar-refractivity contribution is -0.137. The number of alkyl halides is 3. The van der Waals surface area contributed by atoms with Gasteiger partial charge in [-0.25, -0.2) is 4.90 Å². The van der Waals surface area contributed by atoms with Gasteiger partial charge in [0.2, 0.25) is 11.8 Å². The van der Waals surface area contributed by atoms with Crippen molar-refractivity contribution in [2.75, 3.05) is 4.90 Å². The second kappa shape index (κ2) is 10.6. The lowest BCUT2D eigenvalue weighted by Gasteiger charge is -2.39. The zero-order chi connectivity index (χ0) is 33.4. The first-order chi connectivity index (χ1) is 23.1. The molecule has 3 aliphatic rings. The third-order valence-corrected chi connectivity index (χ3v) is 10.4. The van der Waals surface area contributed by atoms with Crippen LogP contribution in [0.2, 0.25) is 5.02 Å². The number of carbonyl (C=O) groups excluding carboxylic acids is 3. The van der Waals surface area contributed by atoms with Gasteiger partial charge in [0.05, 0.1) is 38.9 Å². The molecule has 2 amide bonds. The highest BCUT2D eigenvalue weighted by molar-refractivity contribution is 6.41. The molecule has 0 aromatic heterocycles. The summed E-state index contributed by atoms with van der Waals surface area (Å²) < 4.78 is 41.9. The molecule has 2 fully saturated rings. The zero-order valence-electron chi connectivity index (χ0n) is 25.1. The Morgan fingerprint density at radius 3 is 1.35 bits per heavy atom. The largest absolute Gasteiger partial charge is 0.416 e. The van der Waals surface area contributed by atoms with Gasteiger partial charge < -0.3 is 0 Å². The normalized spacial score (nSPS) is 24.8. The number of carbonyl (C=O) groups is 3. The van der Waals surface area contributed by atoms with Crippen LogP contribution in [0, 0.1) is 11.8 Å². The van der Waals surface area contributed by atoms with Gasteiger partial charge in [-0.1, -0.05) is 133 Å². The number of allylic oxidation sites excluding steroid dienone is 2. The molecule has 2 aliphatic carbocycles. The number of halogens is 4. The Kier molecular flexibility index (Phi) is 6.66. The van der Waals surface area contributed by atoms with Crippen molar-refractivity contribution in [1.29, 1.82) is 0 Å². The minimum Gasteiger partial charge on any atom is -0.297 e. The fourth-order valence-electron chi connectivity index (χ4n) is 8.43. The van der Waals surface area contributed by atoms with Crippen molar-refractivity contribution in [3.63, 3.8) is 0 Å². The summed E-state index contributed by atoms with van der Waals surface area (Å²) in [7, 11) is 0. The number of fused-ring (bicyclic) bond motifs is 5. The second-order valence-electron chi connectivity index (χ2n) is 12.3. The molecule has 5 aromatic carbocycles. The maximum Gasteiger partial charge on any atom is 0.416 e. The molecule has 4 atom stereocenters. The summed E-state index contributed by atoms with van der Waals surface area (Å²) in [6.45, 7) is 0. The first-order valence-corrected chi connectivity index (χ1v) is 15.8. The van der Waals surface area contributed by atoms with Crippen molar-refractivity contribution in [2.45, 2.75) is 17.0 Å². The number of amides is 2. The van der Waals surface area contributed by atoms with Gasteiger partial charge >= 0.3 is 6.18 Å². The minimum atomic E-state index is -4.75. The molecule has 236 valence electrons. The van der Waals surface area contributed by atoms with E-state index >= 15 is 14.4 Å². The van der Waals surface area contributed by atoms with E-state index in [9.17, 15) is 13.2 Å². The Morgan fingerprint density at radius 2 is 0.958 bits per heavy atom. The average Bonchev–Trinajstić information content (AvgIpc) is 3.61. The Morgan fingerprint density at radius 1 is 0.562 bits per heavy atom. The summed E-state index contributed by atoms with van der Waals surface area (Å²) in [5.41, 5.74) is -1.16. The third kappa shape index (κ3) is 3.82. The number of nitrogens with zero attached hydrogens (tertiary/aromatic N) is 1. The molecule has 1 saturated heterocycles. The van der Waals surface area contributed by atoms with E-state index in [0.29, 0.717) is 33.4 Å². The lowest BCUT2D eigenvalue weighted by atomic mass is 9.59. The summed E-state index contributed by atoms with van der Waals surface area (Å²) in [5.74, 6) is -4.44. The molecule has 4 nitrogen and oxygen atoms in total. The smallest absolute Gasteiger partial charge is 0.297 e. The fraction of sp³-hybridized carbons (Fsp3) is 0.125. The molecule has 0 spiro atoms. The van der Waals surface area contributed by atoms with Crippen LogP contribution in [-0.4, -0.2) is 17.6 Å². The van der Waals surface area contributed by atoms with Crippen molar-refractivity contribution in [3.8, 4) is 0 Å². The summed E-state index contributed by atoms with van der Waals surface area (Å²) in [4.78, 5) is 46.6. The van der Waals surface area contributed by atoms with Gasteiger partial charge in [-0.3, -0.25) is 14.4 Å². The van der Waals surface area contributed by atoms with Gasteiger partial charge in [-0.2, -0.15) is 13.2 Å². The van der Waals surface area contributed by atoms with Crippen LogP contribution in [0.15, 0.2) is 140 Å². The van der Waals surface area contributed by atoms with E-state index in [1.54, 1.807) is 60.7 Å². The van der Waals surface area contributed by atoms with E-state index in [2.05, 4.69) is 0 Å². The Bertz CT molecular complexity index is 2030. The second-order valence-corrected chi connectivity index (χ2v) is 12.7. The number of hydrogen-bond acceptors (Lipinski definition) is 3. The average molecular weight is 660 g/mol. The van der Waals surface area contributed by atoms with Gasteiger partial charge in [0.1, 0.15) is 0 Å². The SMILES string of the molecule is O=C1[C@H]2[C@H](C(=O)N1c1cc(C(F)(F)F)ccc1Cl)[C@@]1(c3ccccc3)C(=O)[C@@]2(c2ccccc2)C(c2ccccc2)=C1c1ccccc1. The lowest BCUT2D eigenvalue weighted by Crippen LogP contribution is -2.45. The third-order valence-electron chi connectivity index (χ3n) is 10.1. The minimum absolute atomic E-state index is 0.189. The molecule has 8 heteroatoms. The van der Waals surface area contributed by atoms with E-state index in [-0.39, 0.29) is 16.5 Å². The Labute approximate surface area is 279 Å². The number of Topliss-reactive ketones (excluding diaryl/α,β-unsaturated/α-hetero) is 1. The standard InChI is InChI=1S/C40H25ClF3NO3/c41-29-22-21-28(40(42,43)44)23-30(29)45-35(46)33-34(36(45)47)39(27-19-11-4-12-20-27)32(25-15-7-2-8-16-25)31(24-13-5-1-6-14-24)38(33,37(39)48)26-17-9-3-10-18-26/h1-23,33-34H/t33-,34-,38+,39+/m1/s1. The van der Waals surface area contributed by atoms with Crippen LogP contribution < -0.4 is 4.90 Å². The molecule has 2 bridgehead atoms. The molecule has 1 aliphatic heterocycles. The van der Waals surface area contributed by atoms with Crippen molar-refractivity contribution >= 4 is 46.0 Å². The molecule has 1 heterocycles. The van der Waals surface area contributed by atoms with Crippen LogP contribution in [-0.2, 0) is 31.4 Å². The van der Waals surface area contributed by atoms with Crippen LogP contribution in [0.1, 0.15) is 27.8 Å². The monoisotopic (exact) mass is 659 g/mol. The summed E-state index contributed by atoms with van der Waals surface area (Å²) >= 11 is 6.49. The molecular weight excluding hydrogens is 635 g/mol. The molecule has 48 heavy (non-hydrogen) atoms. The summed E-state index contributed by atoms with van der Waals surface area (Å²) in [5, 5.41) is -0.189. The molecule has 1 saturated carbocycles. The van der Waals surface area contributed by atoms with Crippen molar-refractivity contribution < 1.29 is 27.6 Å². The van der Waals surface area contributed by atoms with E-state index < -0.39 is 46.2 Å². The van der Waals surface area contributed by atoms with Gasteiger partial charge in [-0.15, -0.1) is 0 Å². The number of benzene rings is 5. The highest BCUT2D eigenvalue weighted by Crippen LogP contribution is 2.74. The molecule has 0 unspecified atom stereocenters. The number of rotatable bonds is 5. The van der Waals surface area contributed by atoms with Crippen LogP contribution in [0.5, 0.6) is 0 Å². The maximum absolute atomic E-state index is 15.8. The number of imide groups is 1. The molecule has 5 aromatic rings. The Hall–Kier alpha value is -5.27. The Balaban J connectivity index is 1.53. The van der Waals surface area contributed by atoms with E-state index in [4.69, 9.17) is 11.6 Å². The van der Waals surface area contributed by atoms with Crippen molar-refractivity contribution in [3.05, 3.63) is 172 Å². The van der Waals surface area contributed by atoms with Crippen LogP contribution in [0.4, 0.5) is 18.9 Å². The highest BCUT2D eigenvalue weighted by atomic mass is 35.5. The predicted octanol–water partition coefficient (Wildman–Crippen LogP) is 8.55. The van der Waals surface area contributed by atoms with Crippen molar-refractivity contribution in [1.82, 2.24) is 0 Å². The quantitative estimate of drug-likeness (QED) is 0.178. The summed E-state index contributed by atoms with van der Waals surface area (Å²) in [6, 6.07) is 39.1.